The van der Waals surface area contributed by atoms with Gasteiger partial charge in [-0.15, -0.1) is 6.42 Å². The summed E-state index contributed by atoms with van der Waals surface area (Å²) in [5.41, 5.74) is 6.15. The van der Waals surface area contributed by atoms with E-state index >= 15 is 0 Å². The summed E-state index contributed by atoms with van der Waals surface area (Å²) in [4.78, 5) is 28.3. The van der Waals surface area contributed by atoms with Gasteiger partial charge >= 0.3 is 0 Å². The van der Waals surface area contributed by atoms with Gasteiger partial charge in [0.05, 0.1) is 6.61 Å². The highest BCUT2D eigenvalue weighted by Crippen LogP contribution is 2.55. The van der Waals surface area contributed by atoms with E-state index in [0.29, 0.717) is 40.4 Å². The first-order valence-corrected chi connectivity index (χ1v) is 18.4. The number of benzene rings is 7. The van der Waals surface area contributed by atoms with E-state index in [1.54, 1.807) is 0 Å². The lowest BCUT2D eigenvalue weighted by molar-refractivity contribution is 0.103. The maximum Gasteiger partial charge on any atom is 0.194 e. The average molecular weight is 697 g/mol. The number of carbonyl (C=O) groups is 2. The predicted molar refractivity (Wildman–Crippen MR) is 217 cm³/mol. The normalized spacial score (nSPS) is 11.9. The summed E-state index contributed by atoms with van der Waals surface area (Å²) in [6.07, 6.45) is 14.8. The summed E-state index contributed by atoms with van der Waals surface area (Å²) >= 11 is 0. The number of hydrogen-bond donors (Lipinski definition) is 0. The monoisotopic (exact) mass is 696 g/mol. The molecule has 9 rings (SSSR count). The Morgan fingerprint density at radius 3 is 1.63 bits per heavy atom. The Labute approximate surface area is 313 Å². The fourth-order valence-corrected chi connectivity index (χ4v) is 8.45. The molecule has 0 saturated carbocycles. The minimum Gasteiger partial charge on any atom is -0.493 e. The zero-order chi connectivity index (χ0) is 36.8. The maximum absolute atomic E-state index is 14.1. The fraction of sp³-hybridized carbons (Fsp3) is 0.160. The highest BCUT2D eigenvalue weighted by Gasteiger charge is 2.33. The van der Waals surface area contributed by atoms with Gasteiger partial charge in [-0.2, -0.15) is 0 Å². The van der Waals surface area contributed by atoms with Crippen LogP contribution in [0.15, 0.2) is 84.9 Å². The van der Waals surface area contributed by atoms with Crippen molar-refractivity contribution in [2.45, 2.75) is 45.4 Å². The van der Waals surface area contributed by atoms with E-state index in [1.165, 1.54) is 19.3 Å². The Hall–Kier alpha value is -6.98. The van der Waals surface area contributed by atoms with E-state index < -0.39 is 0 Å². The van der Waals surface area contributed by atoms with Crippen molar-refractivity contribution in [1.82, 2.24) is 0 Å². The van der Waals surface area contributed by atoms with Gasteiger partial charge in [0.25, 0.3) is 0 Å². The standard InChI is InChI=1S/C50H32O4/c1-3-5-7-9-11-17-27-53-41-29-39-31-19-13-15-21-35(31)49(51)37-25-23-33-34-24-26-38-44-40(32-20-14-16-22-36(32)50(38)52)30-42(54-28-18-12-10-8-6-4-2)48(46(34)44)47(41)45(33)43(37)39/h1,13-16,19-26,29-30H,4,6,8,10,12,18,28H2,2H3. The van der Waals surface area contributed by atoms with E-state index in [0.717, 1.165) is 84.6 Å². The average Bonchev–Trinajstić information content (AvgIpc) is 3.21. The van der Waals surface area contributed by atoms with Crippen LogP contribution in [0, 0.1) is 48.1 Å². The molecule has 0 radical (unpaired) electrons. The zero-order valence-corrected chi connectivity index (χ0v) is 29.7. The number of terminal acetylenes is 1. The lowest BCUT2D eigenvalue weighted by Gasteiger charge is -2.27. The topological polar surface area (TPSA) is 52.6 Å². The zero-order valence-electron chi connectivity index (χ0n) is 29.7. The number of carbonyl (C=O) groups excluding carboxylic acids is 2. The Morgan fingerprint density at radius 2 is 1.02 bits per heavy atom. The molecule has 0 unspecified atom stereocenters. The van der Waals surface area contributed by atoms with Gasteiger partial charge in [0.2, 0.25) is 0 Å². The molecular formula is C50H32O4. The molecule has 54 heavy (non-hydrogen) atoms. The molecule has 0 bridgehead atoms. The number of rotatable bonds is 9. The molecule has 0 spiro atoms. The quantitative estimate of drug-likeness (QED) is 0.0652. The summed E-state index contributed by atoms with van der Waals surface area (Å²) in [5.74, 6) is 16.5. The molecule has 2 aliphatic carbocycles. The minimum absolute atomic E-state index is 0.0107. The highest BCUT2D eigenvalue weighted by atomic mass is 16.5. The van der Waals surface area contributed by atoms with Crippen LogP contribution in [0.2, 0.25) is 0 Å². The van der Waals surface area contributed by atoms with Crippen molar-refractivity contribution in [3.8, 4) is 81.8 Å². The lowest BCUT2D eigenvalue weighted by atomic mass is 9.76. The first-order valence-electron chi connectivity index (χ1n) is 18.4. The molecule has 0 aliphatic heterocycles. The number of ketones is 2. The number of unbranched alkanes of at least 4 members (excludes halogenated alkanes) is 5. The van der Waals surface area contributed by atoms with Crippen LogP contribution in [0.3, 0.4) is 0 Å². The molecular weight excluding hydrogens is 665 g/mol. The summed E-state index contributed by atoms with van der Waals surface area (Å²) in [5, 5.41) is 7.07. The van der Waals surface area contributed by atoms with E-state index in [4.69, 9.17) is 15.9 Å². The molecule has 0 N–H and O–H groups in total. The van der Waals surface area contributed by atoms with Gasteiger partial charge in [0.1, 0.15) is 17.6 Å². The van der Waals surface area contributed by atoms with E-state index in [-0.39, 0.29) is 11.6 Å². The molecule has 4 heteroatoms. The molecule has 0 fully saturated rings. The predicted octanol–water partition coefficient (Wildman–Crippen LogP) is 10.9. The van der Waals surface area contributed by atoms with Crippen molar-refractivity contribution in [3.63, 3.8) is 0 Å². The third-order valence-electron chi connectivity index (χ3n) is 10.7. The second-order valence-corrected chi connectivity index (χ2v) is 13.8. The third-order valence-corrected chi connectivity index (χ3v) is 10.7. The van der Waals surface area contributed by atoms with Gasteiger partial charge in [0, 0.05) is 72.3 Å². The largest absolute Gasteiger partial charge is 0.493 e. The van der Waals surface area contributed by atoms with Crippen molar-refractivity contribution >= 4 is 54.7 Å². The molecule has 0 amide bonds. The van der Waals surface area contributed by atoms with Crippen molar-refractivity contribution in [2.24, 2.45) is 0 Å². The number of hydrogen-bond acceptors (Lipinski definition) is 4. The van der Waals surface area contributed by atoms with Crippen LogP contribution in [0.4, 0.5) is 0 Å². The first kappa shape index (κ1) is 32.9. The van der Waals surface area contributed by atoms with Gasteiger partial charge in [-0.1, -0.05) is 99.7 Å². The molecule has 0 saturated heterocycles. The fourth-order valence-electron chi connectivity index (χ4n) is 8.45. The third kappa shape index (κ3) is 5.08. The van der Waals surface area contributed by atoms with Crippen LogP contribution in [-0.2, 0) is 0 Å². The van der Waals surface area contributed by atoms with Crippen molar-refractivity contribution in [1.29, 1.82) is 0 Å². The van der Waals surface area contributed by atoms with Crippen LogP contribution >= 0.6 is 0 Å². The smallest absolute Gasteiger partial charge is 0.194 e. The van der Waals surface area contributed by atoms with E-state index in [2.05, 4.69) is 54.6 Å². The SMILES string of the molecule is C#CC#CC#CC#COc1cc2c3c(ccc4c5ccc6c7c(cc(OCCCCCCCC)c(c1c34)c75)-c1ccccc1C6=O)C(=O)c1ccccc1-2. The second kappa shape index (κ2) is 13.5. The van der Waals surface area contributed by atoms with Gasteiger partial charge in [-0.05, 0) is 81.5 Å². The van der Waals surface area contributed by atoms with Crippen LogP contribution in [0.5, 0.6) is 11.5 Å². The maximum atomic E-state index is 14.1. The Bertz CT molecular complexity index is 2990. The van der Waals surface area contributed by atoms with Crippen LogP contribution in [0.1, 0.15) is 77.3 Å². The highest BCUT2D eigenvalue weighted by molar-refractivity contribution is 6.43. The molecule has 0 aromatic heterocycles. The Kier molecular flexibility index (Phi) is 8.24. The molecule has 4 nitrogen and oxygen atoms in total. The van der Waals surface area contributed by atoms with E-state index in [1.807, 2.05) is 78.9 Å². The molecule has 7 aromatic rings. The van der Waals surface area contributed by atoms with Gasteiger partial charge in [-0.25, -0.2) is 0 Å². The lowest BCUT2D eigenvalue weighted by Crippen LogP contribution is -2.12. The van der Waals surface area contributed by atoms with Crippen LogP contribution < -0.4 is 9.47 Å². The Morgan fingerprint density at radius 1 is 0.500 bits per heavy atom. The van der Waals surface area contributed by atoms with Gasteiger partial charge in [0.15, 0.2) is 11.6 Å². The molecule has 7 aromatic carbocycles. The van der Waals surface area contributed by atoms with Gasteiger partial charge in [-0.3, -0.25) is 9.59 Å². The molecule has 0 heterocycles. The molecule has 256 valence electrons. The van der Waals surface area contributed by atoms with Crippen molar-refractivity contribution < 1.29 is 19.1 Å². The van der Waals surface area contributed by atoms with Crippen molar-refractivity contribution in [3.05, 3.63) is 107 Å². The summed E-state index contributed by atoms with van der Waals surface area (Å²) in [6.45, 7) is 2.75. The first-order chi connectivity index (χ1) is 26.6. The minimum atomic E-state index is -0.0230. The molecule has 0 atom stereocenters. The Balaban J connectivity index is 1.38. The summed E-state index contributed by atoms with van der Waals surface area (Å²) in [6, 6.07) is 27.5. The van der Waals surface area contributed by atoms with Crippen LogP contribution in [-0.4, -0.2) is 18.2 Å². The van der Waals surface area contributed by atoms with Gasteiger partial charge < -0.3 is 9.47 Å². The number of ether oxygens (including phenoxy) is 2. The molecule has 2 aliphatic rings. The second-order valence-electron chi connectivity index (χ2n) is 13.8. The van der Waals surface area contributed by atoms with Crippen LogP contribution in [0.25, 0.3) is 65.3 Å². The summed E-state index contributed by atoms with van der Waals surface area (Å²) in [7, 11) is 0. The van der Waals surface area contributed by atoms with Crippen molar-refractivity contribution in [2.75, 3.05) is 6.61 Å². The van der Waals surface area contributed by atoms with E-state index in [9.17, 15) is 9.59 Å². The number of fused-ring (bicyclic) bond motifs is 6. The summed E-state index contributed by atoms with van der Waals surface area (Å²) < 4.78 is 13.2.